The number of carbonyl (C=O) groups excluding carboxylic acids is 2. The molecule has 0 aromatic heterocycles. The molecule has 0 saturated carbocycles. The first-order chi connectivity index (χ1) is 10.8. The van der Waals surface area contributed by atoms with Crippen molar-refractivity contribution in [2.24, 2.45) is 0 Å². The van der Waals surface area contributed by atoms with Gasteiger partial charge in [-0.25, -0.2) is 13.2 Å². The Morgan fingerprint density at radius 1 is 0.826 bits per heavy atom. The molecule has 2 aromatic carbocycles. The van der Waals surface area contributed by atoms with Gasteiger partial charge in [0.05, 0.1) is 5.69 Å². The van der Waals surface area contributed by atoms with Crippen molar-refractivity contribution in [3.8, 4) is 0 Å². The summed E-state index contributed by atoms with van der Waals surface area (Å²) in [5.74, 6) is -6.93. The molecule has 0 fully saturated rings. The maximum absolute atomic E-state index is 13.5. The van der Waals surface area contributed by atoms with Crippen LogP contribution in [0.1, 0.15) is 11.1 Å². The standard InChI is InChI=1S/C16H13F3N2O2/c1-8-4-3-5-9(2)14(8)21-16(23)15(22)20-11-7-6-10(17)12(18)13(11)19/h3-7H,1-2H3,(H,20,22)(H,21,23). The summed E-state index contributed by atoms with van der Waals surface area (Å²) in [6.45, 7) is 3.49. The number of anilines is 2. The second kappa shape index (κ2) is 6.51. The maximum Gasteiger partial charge on any atom is 0.314 e. The Morgan fingerprint density at radius 2 is 1.39 bits per heavy atom. The van der Waals surface area contributed by atoms with E-state index in [1.165, 1.54) is 0 Å². The van der Waals surface area contributed by atoms with Crippen LogP contribution in [-0.2, 0) is 9.59 Å². The Hall–Kier alpha value is -2.83. The van der Waals surface area contributed by atoms with Crippen LogP contribution in [0.3, 0.4) is 0 Å². The highest BCUT2D eigenvalue weighted by atomic mass is 19.2. The van der Waals surface area contributed by atoms with Crippen molar-refractivity contribution < 1.29 is 22.8 Å². The molecule has 2 N–H and O–H groups in total. The van der Waals surface area contributed by atoms with E-state index in [0.717, 1.165) is 17.2 Å². The topological polar surface area (TPSA) is 58.2 Å². The van der Waals surface area contributed by atoms with Crippen LogP contribution in [0.15, 0.2) is 30.3 Å². The van der Waals surface area contributed by atoms with Crippen molar-refractivity contribution >= 4 is 23.2 Å². The highest BCUT2D eigenvalue weighted by molar-refractivity contribution is 6.43. The van der Waals surface area contributed by atoms with Crippen LogP contribution in [0.25, 0.3) is 0 Å². The molecule has 0 radical (unpaired) electrons. The monoisotopic (exact) mass is 322 g/mol. The smallest absolute Gasteiger partial charge is 0.314 e. The van der Waals surface area contributed by atoms with Crippen LogP contribution < -0.4 is 10.6 Å². The molecule has 0 aliphatic rings. The van der Waals surface area contributed by atoms with Crippen molar-refractivity contribution in [3.05, 3.63) is 58.9 Å². The van der Waals surface area contributed by atoms with E-state index >= 15 is 0 Å². The number of hydrogen-bond acceptors (Lipinski definition) is 2. The zero-order chi connectivity index (χ0) is 17.1. The van der Waals surface area contributed by atoms with Gasteiger partial charge in [0.1, 0.15) is 0 Å². The van der Waals surface area contributed by atoms with Gasteiger partial charge in [-0.3, -0.25) is 9.59 Å². The van der Waals surface area contributed by atoms with E-state index in [2.05, 4.69) is 5.32 Å². The Balaban J connectivity index is 2.15. The van der Waals surface area contributed by atoms with Crippen molar-refractivity contribution in [3.63, 3.8) is 0 Å². The molecule has 0 aliphatic heterocycles. The molecule has 2 amide bonds. The van der Waals surface area contributed by atoms with Gasteiger partial charge < -0.3 is 10.6 Å². The first-order valence-corrected chi connectivity index (χ1v) is 6.63. The van der Waals surface area contributed by atoms with Crippen LogP contribution in [0.2, 0.25) is 0 Å². The maximum atomic E-state index is 13.5. The van der Waals surface area contributed by atoms with E-state index in [9.17, 15) is 22.8 Å². The molecule has 4 nitrogen and oxygen atoms in total. The molecule has 0 heterocycles. The summed E-state index contributed by atoms with van der Waals surface area (Å²) >= 11 is 0. The van der Waals surface area contributed by atoms with Crippen molar-refractivity contribution in [2.75, 3.05) is 10.6 Å². The zero-order valence-electron chi connectivity index (χ0n) is 12.3. The van der Waals surface area contributed by atoms with Crippen molar-refractivity contribution in [1.82, 2.24) is 0 Å². The number of amides is 2. The molecule has 0 spiro atoms. The number of para-hydroxylation sites is 1. The summed E-state index contributed by atoms with van der Waals surface area (Å²) in [7, 11) is 0. The van der Waals surface area contributed by atoms with E-state index < -0.39 is 35.0 Å². The summed E-state index contributed by atoms with van der Waals surface area (Å²) < 4.78 is 39.4. The lowest BCUT2D eigenvalue weighted by Crippen LogP contribution is -2.30. The highest BCUT2D eigenvalue weighted by Crippen LogP contribution is 2.21. The summed E-state index contributed by atoms with van der Waals surface area (Å²) in [4.78, 5) is 23.7. The molecule has 2 rings (SSSR count). The molecule has 7 heteroatoms. The number of hydrogen-bond donors (Lipinski definition) is 2. The number of halogens is 3. The van der Waals surface area contributed by atoms with Gasteiger partial charge in [-0.2, -0.15) is 0 Å². The van der Waals surface area contributed by atoms with Crippen LogP contribution >= 0.6 is 0 Å². The number of nitrogens with one attached hydrogen (secondary N) is 2. The van der Waals surface area contributed by atoms with E-state index in [1.54, 1.807) is 32.0 Å². The predicted octanol–water partition coefficient (Wildman–Crippen LogP) is 3.30. The van der Waals surface area contributed by atoms with Gasteiger partial charge in [-0.05, 0) is 37.1 Å². The zero-order valence-corrected chi connectivity index (χ0v) is 12.3. The van der Waals surface area contributed by atoms with E-state index in [-0.39, 0.29) is 0 Å². The summed E-state index contributed by atoms with van der Waals surface area (Å²) in [6, 6.07) is 6.76. The Labute approximate surface area is 130 Å². The Kier molecular flexibility index (Phi) is 4.68. The van der Waals surface area contributed by atoms with Gasteiger partial charge in [0, 0.05) is 5.69 Å². The Morgan fingerprint density at radius 3 is 2.00 bits per heavy atom. The second-order valence-corrected chi connectivity index (χ2v) is 4.90. The minimum atomic E-state index is -1.72. The number of aryl methyl sites for hydroxylation is 2. The Bertz CT molecular complexity index is 771. The first-order valence-electron chi connectivity index (χ1n) is 6.63. The summed E-state index contributed by atoms with van der Waals surface area (Å²) in [6.07, 6.45) is 0. The van der Waals surface area contributed by atoms with Crippen molar-refractivity contribution in [2.45, 2.75) is 13.8 Å². The lowest BCUT2D eigenvalue weighted by Gasteiger charge is -2.11. The molecule has 0 saturated heterocycles. The van der Waals surface area contributed by atoms with Gasteiger partial charge in [-0.15, -0.1) is 0 Å². The lowest BCUT2D eigenvalue weighted by atomic mass is 10.1. The average Bonchev–Trinajstić information content (AvgIpc) is 2.51. The van der Waals surface area contributed by atoms with Gasteiger partial charge in [0.25, 0.3) is 0 Å². The van der Waals surface area contributed by atoms with Crippen LogP contribution in [0.5, 0.6) is 0 Å². The largest absolute Gasteiger partial charge is 0.317 e. The minimum Gasteiger partial charge on any atom is -0.317 e. The first kappa shape index (κ1) is 16.5. The molecule has 23 heavy (non-hydrogen) atoms. The third-order valence-electron chi connectivity index (χ3n) is 3.21. The quantitative estimate of drug-likeness (QED) is 0.658. The molecule has 0 atom stereocenters. The normalized spacial score (nSPS) is 10.3. The molecule has 120 valence electrons. The van der Waals surface area contributed by atoms with Crippen molar-refractivity contribution in [1.29, 1.82) is 0 Å². The van der Waals surface area contributed by atoms with Gasteiger partial charge >= 0.3 is 11.8 Å². The second-order valence-electron chi connectivity index (χ2n) is 4.90. The van der Waals surface area contributed by atoms with E-state index in [0.29, 0.717) is 11.8 Å². The van der Waals surface area contributed by atoms with Gasteiger partial charge in [0.15, 0.2) is 17.5 Å². The third-order valence-corrected chi connectivity index (χ3v) is 3.21. The lowest BCUT2D eigenvalue weighted by molar-refractivity contribution is -0.133. The fourth-order valence-electron chi connectivity index (χ4n) is 1.98. The van der Waals surface area contributed by atoms with E-state index in [4.69, 9.17) is 0 Å². The predicted molar refractivity (Wildman–Crippen MR) is 79.5 cm³/mol. The SMILES string of the molecule is Cc1cccc(C)c1NC(=O)C(=O)Nc1ccc(F)c(F)c1F. The average molecular weight is 322 g/mol. The molecular formula is C16H13F3N2O2. The summed E-state index contributed by atoms with van der Waals surface area (Å²) in [5.41, 5.74) is 1.32. The van der Waals surface area contributed by atoms with Crippen LogP contribution in [0.4, 0.5) is 24.5 Å². The number of rotatable bonds is 2. The fraction of sp³-hybridized carbons (Fsp3) is 0.125. The van der Waals surface area contributed by atoms with Gasteiger partial charge in [-0.1, -0.05) is 18.2 Å². The molecule has 2 aromatic rings. The molecule has 0 unspecified atom stereocenters. The number of benzene rings is 2. The van der Waals surface area contributed by atoms with Crippen LogP contribution in [0, 0.1) is 31.3 Å². The van der Waals surface area contributed by atoms with E-state index in [1.807, 2.05) is 5.32 Å². The highest BCUT2D eigenvalue weighted by Gasteiger charge is 2.20. The third kappa shape index (κ3) is 3.50. The van der Waals surface area contributed by atoms with Gasteiger partial charge in [0.2, 0.25) is 0 Å². The fourth-order valence-corrected chi connectivity index (χ4v) is 1.98. The molecular weight excluding hydrogens is 309 g/mol. The summed E-state index contributed by atoms with van der Waals surface area (Å²) in [5, 5.41) is 4.31. The molecule has 0 bridgehead atoms. The molecule has 0 aliphatic carbocycles. The minimum absolute atomic E-state index is 0.457. The van der Waals surface area contributed by atoms with Crippen LogP contribution in [-0.4, -0.2) is 11.8 Å². The number of carbonyl (C=O) groups is 2.